The Morgan fingerprint density at radius 1 is 0.909 bits per heavy atom. The third kappa shape index (κ3) is 5.81. The first-order valence-electron chi connectivity index (χ1n) is 10.6. The predicted molar refractivity (Wildman–Crippen MR) is 129 cm³/mol. The molecule has 4 rings (SSSR count). The molecule has 1 atom stereocenters. The van der Waals surface area contributed by atoms with Crippen LogP contribution in [0, 0.1) is 0 Å². The maximum atomic E-state index is 13.4. The van der Waals surface area contributed by atoms with Crippen molar-refractivity contribution in [1.82, 2.24) is 15.1 Å². The topological polar surface area (TPSA) is 68.5 Å². The summed E-state index contributed by atoms with van der Waals surface area (Å²) in [6, 6.07) is 27.4. The van der Waals surface area contributed by atoms with E-state index in [4.69, 9.17) is 9.15 Å². The average Bonchev–Trinajstić information content (AvgIpc) is 3.32. The van der Waals surface area contributed by atoms with E-state index in [1.54, 1.807) is 7.11 Å². The summed E-state index contributed by atoms with van der Waals surface area (Å²) >= 11 is 1.26. The van der Waals surface area contributed by atoms with E-state index < -0.39 is 5.25 Å². The van der Waals surface area contributed by atoms with Gasteiger partial charge in [-0.05, 0) is 30.2 Å². The normalized spacial score (nSPS) is 11.7. The van der Waals surface area contributed by atoms with E-state index in [-0.39, 0.29) is 5.91 Å². The summed E-state index contributed by atoms with van der Waals surface area (Å²) in [5.74, 6) is 1.02. The molecule has 0 bridgehead atoms. The zero-order valence-corrected chi connectivity index (χ0v) is 19.4. The Balaban J connectivity index is 1.49. The van der Waals surface area contributed by atoms with Gasteiger partial charge < -0.3 is 14.1 Å². The number of carbonyl (C=O) groups excluding carboxylic acids is 1. The number of aromatic nitrogens is 2. The molecule has 1 unspecified atom stereocenters. The highest BCUT2D eigenvalue weighted by Crippen LogP contribution is 2.32. The van der Waals surface area contributed by atoms with Crippen molar-refractivity contribution in [2.75, 3.05) is 7.11 Å². The third-order valence-electron chi connectivity index (χ3n) is 5.11. The molecule has 33 heavy (non-hydrogen) atoms. The smallest absolute Gasteiger partial charge is 0.277 e. The van der Waals surface area contributed by atoms with Gasteiger partial charge in [-0.3, -0.25) is 4.79 Å². The number of rotatable bonds is 9. The van der Waals surface area contributed by atoms with Gasteiger partial charge in [0.25, 0.3) is 11.1 Å². The summed E-state index contributed by atoms with van der Waals surface area (Å²) < 4.78 is 11.2. The van der Waals surface area contributed by atoms with Crippen LogP contribution >= 0.6 is 11.8 Å². The molecule has 3 aromatic carbocycles. The van der Waals surface area contributed by atoms with E-state index in [0.29, 0.717) is 35.5 Å². The number of hydrogen-bond donors (Lipinski definition) is 0. The Kier molecular flexibility index (Phi) is 7.42. The lowest BCUT2D eigenvalue weighted by molar-refractivity contribution is -0.131. The molecule has 0 radical (unpaired) electrons. The molecule has 0 saturated carbocycles. The van der Waals surface area contributed by atoms with E-state index >= 15 is 0 Å². The number of hydrogen-bond acceptors (Lipinski definition) is 6. The minimum atomic E-state index is -0.400. The maximum absolute atomic E-state index is 13.4. The quantitative estimate of drug-likeness (QED) is 0.310. The van der Waals surface area contributed by atoms with Crippen LogP contribution in [0.25, 0.3) is 11.5 Å². The van der Waals surface area contributed by atoms with Crippen molar-refractivity contribution in [2.24, 2.45) is 0 Å². The van der Waals surface area contributed by atoms with Gasteiger partial charge in [0.05, 0.1) is 17.9 Å². The first-order chi connectivity index (χ1) is 16.1. The van der Waals surface area contributed by atoms with Crippen LogP contribution in [0.5, 0.6) is 5.75 Å². The summed E-state index contributed by atoms with van der Waals surface area (Å²) in [5.41, 5.74) is 2.87. The Morgan fingerprint density at radius 2 is 1.48 bits per heavy atom. The van der Waals surface area contributed by atoms with Crippen molar-refractivity contribution < 1.29 is 13.9 Å². The summed E-state index contributed by atoms with van der Waals surface area (Å²) in [4.78, 5) is 15.3. The van der Waals surface area contributed by atoms with Crippen molar-refractivity contribution >= 4 is 17.7 Å². The van der Waals surface area contributed by atoms with Crippen LogP contribution in [-0.4, -0.2) is 33.4 Å². The van der Waals surface area contributed by atoms with Crippen molar-refractivity contribution in [1.29, 1.82) is 0 Å². The molecule has 1 aromatic heterocycles. The van der Waals surface area contributed by atoms with Crippen LogP contribution in [0.15, 0.2) is 94.6 Å². The van der Waals surface area contributed by atoms with Crippen molar-refractivity contribution in [3.8, 4) is 17.2 Å². The van der Waals surface area contributed by atoms with Gasteiger partial charge in [-0.25, -0.2) is 0 Å². The zero-order valence-electron chi connectivity index (χ0n) is 18.5. The first kappa shape index (κ1) is 22.6. The van der Waals surface area contributed by atoms with Crippen LogP contribution in [0.3, 0.4) is 0 Å². The van der Waals surface area contributed by atoms with Gasteiger partial charge in [0, 0.05) is 13.1 Å². The van der Waals surface area contributed by atoms with Gasteiger partial charge in [-0.2, -0.15) is 0 Å². The Morgan fingerprint density at radius 3 is 2.09 bits per heavy atom. The molecule has 0 aliphatic carbocycles. The average molecular weight is 460 g/mol. The molecule has 0 fully saturated rings. The summed E-state index contributed by atoms with van der Waals surface area (Å²) in [6.45, 7) is 2.91. The van der Waals surface area contributed by atoms with Crippen LogP contribution in [-0.2, 0) is 17.9 Å². The molecule has 1 amide bonds. The van der Waals surface area contributed by atoms with Crippen LogP contribution in [0.1, 0.15) is 18.1 Å². The molecule has 6 nitrogen and oxygen atoms in total. The van der Waals surface area contributed by atoms with E-state index in [1.807, 2.05) is 96.8 Å². The summed E-state index contributed by atoms with van der Waals surface area (Å²) in [6.07, 6.45) is 0. The van der Waals surface area contributed by atoms with Gasteiger partial charge in [-0.1, -0.05) is 84.6 Å². The fourth-order valence-corrected chi connectivity index (χ4v) is 4.23. The zero-order chi connectivity index (χ0) is 23.0. The van der Waals surface area contributed by atoms with Gasteiger partial charge in [0.1, 0.15) is 5.75 Å². The molecule has 0 aliphatic heterocycles. The van der Waals surface area contributed by atoms with Crippen molar-refractivity contribution in [3.05, 3.63) is 96.1 Å². The second-order valence-electron chi connectivity index (χ2n) is 7.50. The van der Waals surface area contributed by atoms with Crippen LogP contribution < -0.4 is 4.74 Å². The number of para-hydroxylation sites is 1. The fourth-order valence-electron chi connectivity index (χ4n) is 3.47. The SMILES string of the molecule is COc1ccccc1-c1nnc(SC(C)C(=O)N(Cc2ccccc2)Cc2ccccc2)o1. The predicted octanol–water partition coefficient (Wildman–Crippen LogP) is 5.45. The number of benzene rings is 3. The molecular weight excluding hydrogens is 434 g/mol. The number of ether oxygens (including phenoxy) is 1. The first-order valence-corrected chi connectivity index (χ1v) is 11.5. The number of amides is 1. The van der Waals surface area contributed by atoms with Gasteiger partial charge in [-0.15, -0.1) is 10.2 Å². The standard InChI is InChI=1S/C26H25N3O3S/c1-19(33-26-28-27-24(32-26)22-15-9-10-16-23(22)31-2)25(30)29(17-20-11-5-3-6-12-20)18-21-13-7-4-8-14-21/h3-16,19H,17-18H2,1-2H3. The molecule has 1 heterocycles. The lowest BCUT2D eigenvalue weighted by Crippen LogP contribution is -2.35. The molecule has 168 valence electrons. The number of nitrogens with zero attached hydrogens (tertiary/aromatic N) is 3. The van der Waals surface area contributed by atoms with E-state index in [0.717, 1.165) is 11.1 Å². The van der Waals surface area contributed by atoms with E-state index in [9.17, 15) is 4.79 Å². The lowest BCUT2D eigenvalue weighted by atomic mass is 10.1. The van der Waals surface area contributed by atoms with Gasteiger partial charge in [0.15, 0.2) is 0 Å². The highest BCUT2D eigenvalue weighted by atomic mass is 32.2. The van der Waals surface area contributed by atoms with Gasteiger partial charge in [0.2, 0.25) is 5.91 Å². The Bertz CT molecular complexity index is 1140. The molecule has 7 heteroatoms. The molecular formula is C26H25N3O3S. The monoisotopic (exact) mass is 459 g/mol. The summed E-state index contributed by atoms with van der Waals surface area (Å²) in [5, 5.41) is 8.23. The fraction of sp³-hybridized carbons (Fsp3) is 0.192. The number of carbonyl (C=O) groups is 1. The van der Waals surface area contributed by atoms with E-state index in [1.165, 1.54) is 11.8 Å². The lowest BCUT2D eigenvalue weighted by Gasteiger charge is -2.25. The molecule has 0 saturated heterocycles. The Hall–Kier alpha value is -3.58. The third-order valence-corrected chi connectivity index (χ3v) is 6.04. The maximum Gasteiger partial charge on any atom is 0.277 e. The number of methoxy groups -OCH3 is 1. The Labute approximate surface area is 197 Å². The second-order valence-corrected chi connectivity index (χ2v) is 8.79. The minimum Gasteiger partial charge on any atom is -0.496 e. The molecule has 0 N–H and O–H groups in total. The van der Waals surface area contributed by atoms with Crippen LogP contribution in [0.4, 0.5) is 0 Å². The summed E-state index contributed by atoms with van der Waals surface area (Å²) in [7, 11) is 1.60. The second kappa shape index (κ2) is 10.8. The molecule has 0 aliphatic rings. The van der Waals surface area contributed by atoms with Gasteiger partial charge >= 0.3 is 0 Å². The van der Waals surface area contributed by atoms with Crippen molar-refractivity contribution in [3.63, 3.8) is 0 Å². The number of thioether (sulfide) groups is 1. The minimum absolute atomic E-state index is 0.00440. The molecule has 4 aromatic rings. The molecule has 0 spiro atoms. The largest absolute Gasteiger partial charge is 0.496 e. The van der Waals surface area contributed by atoms with E-state index in [2.05, 4.69) is 10.2 Å². The highest BCUT2D eigenvalue weighted by molar-refractivity contribution is 8.00. The van der Waals surface area contributed by atoms with Crippen molar-refractivity contribution in [2.45, 2.75) is 30.5 Å². The highest BCUT2D eigenvalue weighted by Gasteiger charge is 2.25. The van der Waals surface area contributed by atoms with Crippen LogP contribution in [0.2, 0.25) is 0 Å².